The van der Waals surface area contributed by atoms with E-state index in [1.165, 1.54) is 24.3 Å². The van der Waals surface area contributed by atoms with Gasteiger partial charge in [-0.25, -0.2) is 4.39 Å². The van der Waals surface area contributed by atoms with E-state index in [4.69, 9.17) is 9.47 Å². The lowest BCUT2D eigenvalue weighted by Gasteiger charge is -2.15. The van der Waals surface area contributed by atoms with Crippen LogP contribution >= 0.6 is 0 Å². The average molecular weight is 402 g/mol. The highest BCUT2D eigenvalue weighted by Gasteiger charge is 2.14. The molecule has 29 heavy (non-hydrogen) atoms. The van der Waals surface area contributed by atoms with Gasteiger partial charge in [-0.2, -0.15) is 0 Å². The van der Waals surface area contributed by atoms with E-state index in [9.17, 15) is 19.1 Å². The van der Waals surface area contributed by atoms with Gasteiger partial charge < -0.3 is 14.6 Å². The third kappa shape index (κ3) is 7.31. The molecule has 0 amide bonds. The molecule has 0 aliphatic carbocycles. The van der Waals surface area contributed by atoms with E-state index in [2.05, 4.69) is 0 Å². The number of esters is 2. The molecule has 0 aromatic heterocycles. The van der Waals surface area contributed by atoms with E-state index in [0.717, 1.165) is 11.1 Å². The molecule has 6 heteroatoms. The smallest absolute Gasteiger partial charge is 0.306 e. The molecule has 0 bridgehead atoms. The van der Waals surface area contributed by atoms with Crippen LogP contribution < -0.4 is 0 Å². The summed E-state index contributed by atoms with van der Waals surface area (Å²) < 4.78 is 23.1. The Morgan fingerprint density at radius 3 is 1.79 bits per heavy atom. The van der Waals surface area contributed by atoms with Gasteiger partial charge in [0, 0.05) is 12.8 Å². The molecule has 5 nitrogen and oxygen atoms in total. The Morgan fingerprint density at radius 1 is 0.862 bits per heavy atom. The molecule has 2 aromatic rings. The summed E-state index contributed by atoms with van der Waals surface area (Å²) in [5, 5.41) is 10.7. The van der Waals surface area contributed by atoms with Gasteiger partial charge in [-0.1, -0.05) is 30.3 Å². The first kappa shape index (κ1) is 22.6. The third-order valence-electron chi connectivity index (χ3n) is 4.42. The number of carbonyl (C=O) groups excluding carboxylic acids is 2. The highest BCUT2D eigenvalue weighted by molar-refractivity contribution is 5.70. The molecule has 1 atom stereocenters. The minimum Gasteiger partial charge on any atom is -0.466 e. The monoisotopic (exact) mass is 402 g/mol. The standard InChI is InChI=1S/C23H27FO5/c1-3-28-21(25)11-5-16-13-17(6-12-22(26)29-4-2)15-19(14-16)23(27)18-7-9-20(24)10-8-18/h7-10,13-15,23,27H,3-6,11-12H2,1-2H3. The van der Waals surface area contributed by atoms with Crippen molar-refractivity contribution < 1.29 is 28.6 Å². The number of aliphatic hydroxyl groups is 1. The fourth-order valence-corrected chi connectivity index (χ4v) is 3.03. The molecule has 156 valence electrons. The Kier molecular flexibility index (Phi) is 8.80. The van der Waals surface area contributed by atoms with Gasteiger partial charge in [0.25, 0.3) is 0 Å². The number of rotatable bonds is 10. The Morgan fingerprint density at radius 2 is 1.34 bits per heavy atom. The highest BCUT2D eigenvalue weighted by Crippen LogP contribution is 2.25. The molecule has 0 saturated heterocycles. The van der Waals surface area contributed by atoms with Crippen LogP contribution in [0.4, 0.5) is 4.39 Å². The quantitative estimate of drug-likeness (QED) is 0.610. The first-order valence-electron chi connectivity index (χ1n) is 9.80. The maximum atomic E-state index is 13.2. The van der Waals surface area contributed by atoms with Crippen LogP contribution in [0.15, 0.2) is 42.5 Å². The van der Waals surface area contributed by atoms with Gasteiger partial charge in [0.2, 0.25) is 0 Å². The average Bonchev–Trinajstić information content (AvgIpc) is 2.71. The molecule has 1 N–H and O–H groups in total. The van der Waals surface area contributed by atoms with Crippen LogP contribution in [0.2, 0.25) is 0 Å². The summed E-state index contributed by atoms with van der Waals surface area (Å²) in [6.07, 6.45) is 0.409. The van der Waals surface area contributed by atoms with Crippen molar-refractivity contribution in [2.24, 2.45) is 0 Å². The molecule has 2 rings (SSSR count). The number of hydrogen-bond donors (Lipinski definition) is 1. The van der Waals surface area contributed by atoms with Crippen LogP contribution in [0.5, 0.6) is 0 Å². The van der Waals surface area contributed by atoms with Gasteiger partial charge >= 0.3 is 11.9 Å². The fraction of sp³-hybridized carbons (Fsp3) is 0.391. The maximum Gasteiger partial charge on any atom is 0.306 e. The number of aryl methyl sites for hydroxylation is 2. The van der Waals surface area contributed by atoms with Gasteiger partial charge in [-0.15, -0.1) is 0 Å². The topological polar surface area (TPSA) is 72.8 Å². The van der Waals surface area contributed by atoms with E-state index in [1.807, 2.05) is 18.2 Å². The predicted molar refractivity (Wildman–Crippen MR) is 107 cm³/mol. The number of halogens is 1. The molecule has 0 saturated carbocycles. The van der Waals surface area contributed by atoms with E-state index < -0.39 is 6.10 Å². The molecule has 0 heterocycles. The molecule has 0 aliphatic heterocycles. The van der Waals surface area contributed by atoms with Crippen LogP contribution in [0.25, 0.3) is 0 Å². The van der Waals surface area contributed by atoms with Gasteiger partial charge in [0.15, 0.2) is 0 Å². The Balaban J connectivity index is 2.23. The number of benzene rings is 2. The summed E-state index contributed by atoms with van der Waals surface area (Å²) in [5.74, 6) is -0.950. The maximum absolute atomic E-state index is 13.2. The van der Waals surface area contributed by atoms with Crippen LogP contribution in [-0.2, 0) is 31.9 Å². The molecular formula is C23H27FO5. The zero-order valence-electron chi connectivity index (χ0n) is 16.8. The van der Waals surface area contributed by atoms with Crippen LogP contribution in [0.3, 0.4) is 0 Å². The summed E-state index contributed by atoms with van der Waals surface area (Å²) in [7, 11) is 0. The summed E-state index contributed by atoms with van der Waals surface area (Å²) in [5.41, 5.74) is 2.90. The van der Waals surface area contributed by atoms with Crippen molar-refractivity contribution in [3.8, 4) is 0 Å². The summed E-state index contributed by atoms with van der Waals surface area (Å²) in [6, 6.07) is 11.2. The van der Waals surface area contributed by atoms with E-state index in [1.54, 1.807) is 13.8 Å². The zero-order valence-corrected chi connectivity index (χ0v) is 16.8. The first-order valence-corrected chi connectivity index (χ1v) is 9.80. The highest BCUT2D eigenvalue weighted by atomic mass is 19.1. The van der Waals surface area contributed by atoms with Crippen molar-refractivity contribution in [2.75, 3.05) is 13.2 Å². The van der Waals surface area contributed by atoms with Crippen molar-refractivity contribution in [3.63, 3.8) is 0 Å². The minimum atomic E-state index is -0.945. The minimum absolute atomic E-state index is 0.223. The largest absolute Gasteiger partial charge is 0.466 e. The van der Waals surface area contributed by atoms with Crippen molar-refractivity contribution in [1.82, 2.24) is 0 Å². The molecule has 0 spiro atoms. The van der Waals surface area contributed by atoms with Crippen LogP contribution in [-0.4, -0.2) is 30.3 Å². The molecule has 0 fully saturated rings. The SMILES string of the molecule is CCOC(=O)CCc1cc(CCC(=O)OCC)cc(C(O)c2ccc(F)cc2)c1. The molecule has 1 unspecified atom stereocenters. The number of ether oxygens (including phenoxy) is 2. The van der Waals surface area contributed by atoms with Gasteiger partial charge in [0.05, 0.1) is 13.2 Å². The van der Waals surface area contributed by atoms with Crippen molar-refractivity contribution in [3.05, 3.63) is 70.5 Å². The molecule has 2 aromatic carbocycles. The molecule has 0 radical (unpaired) electrons. The lowest BCUT2D eigenvalue weighted by atomic mass is 9.94. The number of carbonyl (C=O) groups is 2. The van der Waals surface area contributed by atoms with Crippen LogP contribution in [0.1, 0.15) is 55.0 Å². The second-order valence-electron chi connectivity index (χ2n) is 6.65. The number of aliphatic hydroxyl groups excluding tert-OH is 1. The van der Waals surface area contributed by atoms with Crippen molar-refractivity contribution in [1.29, 1.82) is 0 Å². The van der Waals surface area contributed by atoms with Crippen molar-refractivity contribution >= 4 is 11.9 Å². The van der Waals surface area contributed by atoms with E-state index in [-0.39, 0.29) is 30.6 Å². The zero-order chi connectivity index (χ0) is 21.2. The predicted octanol–water partition coefficient (Wildman–Crippen LogP) is 3.90. The Bertz CT molecular complexity index is 776. The normalized spacial score (nSPS) is 11.7. The lowest BCUT2D eigenvalue weighted by Crippen LogP contribution is -2.08. The second-order valence-corrected chi connectivity index (χ2v) is 6.65. The number of hydrogen-bond acceptors (Lipinski definition) is 5. The fourth-order valence-electron chi connectivity index (χ4n) is 3.03. The summed E-state index contributed by atoms with van der Waals surface area (Å²) >= 11 is 0. The lowest BCUT2D eigenvalue weighted by molar-refractivity contribution is -0.143. The molecule has 0 aliphatic rings. The summed E-state index contributed by atoms with van der Waals surface area (Å²) in [6.45, 7) is 4.16. The molecular weight excluding hydrogens is 375 g/mol. The van der Waals surface area contributed by atoms with Crippen LogP contribution in [0, 0.1) is 5.82 Å². The third-order valence-corrected chi connectivity index (χ3v) is 4.42. The Labute approximate surface area is 170 Å². The Hall–Kier alpha value is -2.73. The van der Waals surface area contributed by atoms with E-state index in [0.29, 0.717) is 37.2 Å². The summed E-state index contributed by atoms with van der Waals surface area (Å²) in [4.78, 5) is 23.4. The second kappa shape index (κ2) is 11.3. The van der Waals surface area contributed by atoms with Gasteiger partial charge in [-0.3, -0.25) is 9.59 Å². The van der Waals surface area contributed by atoms with Gasteiger partial charge in [-0.05, 0) is 61.1 Å². The van der Waals surface area contributed by atoms with E-state index >= 15 is 0 Å². The van der Waals surface area contributed by atoms with Crippen molar-refractivity contribution in [2.45, 2.75) is 45.6 Å². The first-order chi connectivity index (χ1) is 13.9. The van der Waals surface area contributed by atoms with Gasteiger partial charge in [0.1, 0.15) is 11.9 Å².